The van der Waals surface area contributed by atoms with Gasteiger partial charge in [0.1, 0.15) is 0 Å². The second-order valence-electron chi connectivity index (χ2n) is 5.36. The summed E-state index contributed by atoms with van der Waals surface area (Å²) >= 11 is 6.24. The lowest BCUT2D eigenvalue weighted by atomic mass is 10.1. The van der Waals surface area contributed by atoms with E-state index in [9.17, 15) is 4.79 Å². The van der Waals surface area contributed by atoms with Crippen molar-refractivity contribution >= 4 is 17.5 Å². The summed E-state index contributed by atoms with van der Waals surface area (Å²) in [7, 11) is 0. The molecule has 0 aliphatic carbocycles. The van der Waals surface area contributed by atoms with E-state index in [2.05, 4.69) is 15.6 Å². The van der Waals surface area contributed by atoms with Crippen LogP contribution in [-0.4, -0.2) is 27.4 Å². The molecule has 1 N–H and O–H groups in total. The molecule has 1 heterocycles. The van der Waals surface area contributed by atoms with Crippen molar-refractivity contribution in [2.24, 2.45) is 0 Å². The molecule has 0 unspecified atom stereocenters. The average molecular weight is 341 g/mol. The van der Waals surface area contributed by atoms with Gasteiger partial charge < -0.3 is 5.32 Å². The zero-order valence-corrected chi connectivity index (χ0v) is 13.8. The molecular formula is C18H17ClN4O. The van der Waals surface area contributed by atoms with Gasteiger partial charge in [0.15, 0.2) is 10.8 Å². The highest BCUT2D eigenvalue weighted by atomic mass is 35.5. The van der Waals surface area contributed by atoms with Gasteiger partial charge in [-0.05, 0) is 17.5 Å². The third-order valence-corrected chi connectivity index (χ3v) is 3.98. The number of amides is 1. The third kappa shape index (κ3) is 4.00. The van der Waals surface area contributed by atoms with Gasteiger partial charge in [-0.25, -0.2) is 4.68 Å². The maximum atomic E-state index is 12.2. The van der Waals surface area contributed by atoms with Crippen molar-refractivity contribution in [3.63, 3.8) is 0 Å². The van der Waals surface area contributed by atoms with E-state index in [4.69, 9.17) is 11.6 Å². The zero-order chi connectivity index (χ0) is 16.8. The van der Waals surface area contributed by atoms with Crippen LogP contribution in [0.5, 0.6) is 0 Å². The van der Waals surface area contributed by atoms with E-state index in [1.54, 1.807) is 0 Å². The minimum absolute atomic E-state index is 0.153. The number of benzene rings is 2. The minimum atomic E-state index is -0.310. The summed E-state index contributed by atoms with van der Waals surface area (Å²) in [6.45, 7) is 0.995. The first-order chi connectivity index (χ1) is 11.7. The molecule has 0 saturated carbocycles. The van der Waals surface area contributed by atoms with E-state index >= 15 is 0 Å². The Kier molecular flexibility index (Phi) is 5.23. The zero-order valence-electron chi connectivity index (χ0n) is 13.0. The number of aromatic nitrogens is 3. The fourth-order valence-corrected chi connectivity index (χ4v) is 2.56. The first kappa shape index (κ1) is 16.2. The summed E-state index contributed by atoms with van der Waals surface area (Å²) < 4.78 is 1.52. The maximum absolute atomic E-state index is 12.2. The third-order valence-electron chi connectivity index (χ3n) is 3.61. The quantitative estimate of drug-likeness (QED) is 0.750. The Hall–Kier alpha value is -2.66. The Morgan fingerprint density at radius 3 is 2.29 bits per heavy atom. The lowest BCUT2D eigenvalue weighted by molar-refractivity contribution is 0.0949. The van der Waals surface area contributed by atoms with Crippen LogP contribution in [0.1, 0.15) is 21.6 Å². The predicted octanol–water partition coefficient (Wildman–Crippen LogP) is 2.95. The highest BCUT2D eigenvalue weighted by molar-refractivity contribution is 6.32. The number of nitrogens with zero attached hydrogens (tertiary/aromatic N) is 3. The highest BCUT2D eigenvalue weighted by Gasteiger charge is 2.17. The molecule has 0 atom stereocenters. The van der Waals surface area contributed by atoms with Crippen LogP contribution in [0.2, 0.25) is 5.15 Å². The van der Waals surface area contributed by atoms with Crippen LogP contribution in [0.15, 0.2) is 60.7 Å². The van der Waals surface area contributed by atoms with E-state index in [-0.39, 0.29) is 16.8 Å². The smallest absolute Gasteiger partial charge is 0.275 e. The van der Waals surface area contributed by atoms with Gasteiger partial charge in [0.2, 0.25) is 0 Å². The fourth-order valence-electron chi connectivity index (χ4n) is 2.35. The van der Waals surface area contributed by atoms with Gasteiger partial charge in [-0.15, -0.1) is 5.10 Å². The van der Waals surface area contributed by atoms with Gasteiger partial charge >= 0.3 is 0 Å². The molecule has 3 rings (SSSR count). The van der Waals surface area contributed by atoms with E-state index in [1.807, 2.05) is 60.7 Å². The normalized spacial score (nSPS) is 10.5. The molecule has 1 aromatic heterocycles. The Balaban J connectivity index is 1.59. The Labute approximate surface area is 145 Å². The molecule has 5 nitrogen and oxygen atoms in total. The molecule has 1 amide bonds. The van der Waals surface area contributed by atoms with Crippen molar-refractivity contribution in [2.45, 2.75) is 13.0 Å². The SMILES string of the molecule is O=C(NCCc1ccccc1)c1nnn(Cc2ccccc2)c1Cl. The van der Waals surface area contributed by atoms with Crippen LogP contribution in [0.4, 0.5) is 0 Å². The summed E-state index contributed by atoms with van der Waals surface area (Å²) in [4.78, 5) is 12.2. The molecule has 0 bridgehead atoms. The molecule has 6 heteroatoms. The van der Waals surface area contributed by atoms with Crippen molar-refractivity contribution < 1.29 is 4.79 Å². The Bertz CT molecular complexity index is 802. The second-order valence-corrected chi connectivity index (χ2v) is 5.72. The molecule has 0 fully saturated rings. The average Bonchev–Trinajstić information content (AvgIpc) is 2.97. The largest absolute Gasteiger partial charge is 0.350 e. The number of carbonyl (C=O) groups is 1. The van der Waals surface area contributed by atoms with Gasteiger partial charge in [-0.2, -0.15) is 0 Å². The van der Waals surface area contributed by atoms with Gasteiger partial charge in [0, 0.05) is 6.54 Å². The molecule has 3 aromatic rings. The number of hydrogen-bond donors (Lipinski definition) is 1. The van der Waals surface area contributed by atoms with Gasteiger partial charge in [-0.3, -0.25) is 4.79 Å². The maximum Gasteiger partial charge on any atom is 0.275 e. The Morgan fingerprint density at radius 1 is 1.00 bits per heavy atom. The van der Waals surface area contributed by atoms with Crippen LogP contribution in [0.3, 0.4) is 0 Å². The topological polar surface area (TPSA) is 59.8 Å². The number of halogens is 1. The number of hydrogen-bond acceptors (Lipinski definition) is 3. The molecule has 0 spiro atoms. The van der Waals surface area contributed by atoms with Crippen LogP contribution in [-0.2, 0) is 13.0 Å². The number of nitrogens with one attached hydrogen (secondary N) is 1. The minimum Gasteiger partial charge on any atom is -0.350 e. The second kappa shape index (κ2) is 7.75. The van der Waals surface area contributed by atoms with E-state index in [0.29, 0.717) is 13.1 Å². The predicted molar refractivity (Wildman–Crippen MR) is 93.1 cm³/mol. The van der Waals surface area contributed by atoms with Crippen molar-refractivity contribution in [3.05, 3.63) is 82.6 Å². The summed E-state index contributed by atoms with van der Waals surface area (Å²) in [5.74, 6) is -0.310. The summed E-state index contributed by atoms with van der Waals surface area (Å²) in [6.07, 6.45) is 0.752. The van der Waals surface area contributed by atoms with E-state index in [1.165, 1.54) is 4.68 Å². The summed E-state index contributed by atoms with van der Waals surface area (Å²) in [5, 5.41) is 11.0. The standard InChI is InChI=1S/C18H17ClN4O/c19-17-16(18(24)20-12-11-14-7-3-1-4-8-14)21-22-23(17)13-15-9-5-2-6-10-15/h1-10H,11-13H2,(H,20,24). The van der Waals surface area contributed by atoms with Crippen LogP contribution >= 0.6 is 11.6 Å². The first-order valence-corrected chi connectivity index (χ1v) is 8.07. The molecule has 0 radical (unpaired) electrons. The highest BCUT2D eigenvalue weighted by Crippen LogP contribution is 2.14. The first-order valence-electron chi connectivity index (χ1n) is 7.69. The van der Waals surface area contributed by atoms with Crippen LogP contribution in [0, 0.1) is 0 Å². The number of rotatable bonds is 6. The van der Waals surface area contributed by atoms with Crippen molar-refractivity contribution in [1.29, 1.82) is 0 Å². The molecule has 2 aromatic carbocycles. The van der Waals surface area contributed by atoms with Gasteiger partial charge in [-0.1, -0.05) is 77.5 Å². The molecule has 122 valence electrons. The van der Waals surface area contributed by atoms with Crippen molar-refractivity contribution in [1.82, 2.24) is 20.3 Å². The van der Waals surface area contributed by atoms with Gasteiger partial charge in [0.25, 0.3) is 5.91 Å². The van der Waals surface area contributed by atoms with Crippen LogP contribution in [0.25, 0.3) is 0 Å². The lowest BCUT2D eigenvalue weighted by Gasteiger charge is -2.04. The summed E-state index contributed by atoms with van der Waals surface area (Å²) in [6, 6.07) is 19.7. The molecule has 0 saturated heterocycles. The fraction of sp³-hybridized carbons (Fsp3) is 0.167. The lowest BCUT2D eigenvalue weighted by Crippen LogP contribution is -2.26. The van der Waals surface area contributed by atoms with Crippen molar-refractivity contribution in [3.8, 4) is 0 Å². The van der Waals surface area contributed by atoms with Crippen LogP contribution < -0.4 is 5.32 Å². The van der Waals surface area contributed by atoms with E-state index < -0.39 is 0 Å². The molecule has 0 aliphatic heterocycles. The number of carbonyl (C=O) groups excluding carboxylic acids is 1. The molecule has 0 aliphatic rings. The Morgan fingerprint density at radius 2 is 1.62 bits per heavy atom. The van der Waals surface area contributed by atoms with Crippen molar-refractivity contribution in [2.75, 3.05) is 6.54 Å². The molecular weight excluding hydrogens is 324 g/mol. The van der Waals surface area contributed by atoms with Gasteiger partial charge in [0.05, 0.1) is 6.54 Å². The molecule has 24 heavy (non-hydrogen) atoms. The monoisotopic (exact) mass is 340 g/mol. The summed E-state index contributed by atoms with van der Waals surface area (Å²) in [5.41, 5.74) is 2.36. The van der Waals surface area contributed by atoms with E-state index in [0.717, 1.165) is 17.5 Å².